The number of aromatic carboxylic acids is 1. The second-order valence-electron chi connectivity index (χ2n) is 3.73. The number of carbonyl (C=O) groups is 2. The van der Waals surface area contributed by atoms with E-state index >= 15 is 0 Å². The number of aliphatic hydroxyl groups excluding tert-OH is 2. The lowest BCUT2D eigenvalue weighted by Gasteiger charge is -2.16. The van der Waals surface area contributed by atoms with Gasteiger partial charge in [0.05, 0.1) is 17.3 Å². The number of aliphatic carboxylic acids is 1. The Morgan fingerprint density at radius 2 is 1.68 bits per heavy atom. The Balaban J connectivity index is 2.59. The predicted octanol–water partition coefficient (Wildman–Crippen LogP) is -0.132. The minimum absolute atomic E-state index is 0.220. The lowest BCUT2D eigenvalue weighted by Crippen LogP contribution is -2.28. The highest BCUT2D eigenvalue weighted by molar-refractivity contribution is 7.00. The molecule has 2 unspecified atom stereocenters. The topological polar surface area (TPSA) is 141 Å². The van der Waals surface area contributed by atoms with Crippen LogP contribution in [0.3, 0.4) is 0 Å². The Kier molecular flexibility index (Phi) is 3.42. The second-order valence-corrected chi connectivity index (χ2v) is 4.25. The third kappa shape index (κ3) is 2.38. The molecule has 0 spiro atoms. The Hall–Kier alpha value is -2.10. The van der Waals surface area contributed by atoms with Gasteiger partial charge in [-0.2, -0.15) is 8.75 Å². The summed E-state index contributed by atoms with van der Waals surface area (Å²) in [5.41, 5.74) is 0.0976. The quantitative estimate of drug-likeness (QED) is 0.608. The van der Waals surface area contributed by atoms with E-state index in [4.69, 9.17) is 10.2 Å². The summed E-state index contributed by atoms with van der Waals surface area (Å²) in [7, 11) is 0. The summed E-state index contributed by atoms with van der Waals surface area (Å²) in [4.78, 5) is 21.7. The lowest BCUT2D eigenvalue weighted by atomic mass is 9.97. The van der Waals surface area contributed by atoms with Gasteiger partial charge in [0.25, 0.3) is 0 Å². The molecule has 1 heterocycles. The SMILES string of the molecule is O=C(O)c1cc2nsnc2cc1C(O)C(O)C(=O)O. The number of hydrogen-bond acceptors (Lipinski definition) is 7. The zero-order valence-corrected chi connectivity index (χ0v) is 10.0. The monoisotopic (exact) mass is 284 g/mol. The number of nitrogens with zero attached hydrogens (tertiary/aromatic N) is 2. The number of aromatic nitrogens is 2. The van der Waals surface area contributed by atoms with E-state index in [1.165, 1.54) is 12.1 Å². The van der Waals surface area contributed by atoms with Crippen LogP contribution in [0.25, 0.3) is 11.0 Å². The van der Waals surface area contributed by atoms with Crippen molar-refractivity contribution >= 4 is 34.7 Å². The maximum Gasteiger partial charge on any atom is 0.336 e. The van der Waals surface area contributed by atoms with Crippen LogP contribution in [0.1, 0.15) is 22.0 Å². The molecule has 0 aliphatic heterocycles. The van der Waals surface area contributed by atoms with Crippen molar-refractivity contribution in [1.29, 1.82) is 0 Å². The molecule has 100 valence electrons. The van der Waals surface area contributed by atoms with E-state index in [9.17, 15) is 19.8 Å². The molecule has 0 aliphatic carbocycles. The van der Waals surface area contributed by atoms with Crippen molar-refractivity contribution in [2.75, 3.05) is 0 Å². The van der Waals surface area contributed by atoms with Crippen molar-refractivity contribution in [2.24, 2.45) is 0 Å². The first-order valence-electron chi connectivity index (χ1n) is 5.00. The van der Waals surface area contributed by atoms with Gasteiger partial charge in [0.2, 0.25) is 0 Å². The van der Waals surface area contributed by atoms with Crippen molar-refractivity contribution in [2.45, 2.75) is 12.2 Å². The molecule has 19 heavy (non-hydrogen) atoms. The van der Waals surface area contributed by atoms with E-state index < -0.39 is 24.1 Å². The van der Waals surface area contributed by atoms with Gasteiger partial charge in [0.1, 0.15) is 17.1 Å². The first-order valence-corrected chi connectivity index (χ1v) is 5.73. The first-order chi connectivity index (χ1) is 8.91. The third-order valence-corrected chi connectivity index (χ3v) is 3.08. The smallest absolute Gasteiger partial charge is 0.336 e. The predicted molar refractivity (Wildman–Crippen MR) is 63.0 cm³/mol. The fourth-order valence-corrected chi connectivity index (χ4v) is 2.09. The molecule has 9 heteroatoms. The highest BCUT2D eigenvalue weighted by atomic mass is 32.1. The van der Waals surface area contributed by atoms with Gasteiger partial charge in [-0.25, -0.2) is 9.59 Å². The molecule has 8 nitrogen and oxygen atoms in total. The van der Waals surface area contributed by atoms with Gasteiger partial charge in [-0.1, -0.05) is 0 Å². The molecular weight excluding hydrogens is 276 g/mol. The Labute approximate surface area is 109 Å². The van der Waals surface area contributed by atoms with E-state index in [0.717, 1.165) is 11.7 Å². The summed E-state index contributed by atoms with van der Waals surface area (Å²) in [6.45, 7) is 0. The summed E-state index contributed by atoms with van der Waals surface area (Å²) < 4.78 is 7.71. The van der Waals surface area contributed by atoms with Crippen molar-refractivity contribution < 1.29 is 30.0 Å². The summed E-state index contributed by atoms with van der Waals surface area (Å²) in [5.74, 6) is -3.01. The van der Waals surface area contributed by atoms with Crippen molar-refractivity contribution in [3.8, 4) is 0 Å². The minimum Gasteiger partial charge on any atom is -0.479 e. The maximum absolute atomic E-state index is 11.1. The van der Waals surface area contributed by atoms with E-state index in [1.54, 1.807) is 0 Å². The van der Waals surface area contributed by atoms with Gasteiger partial charge in [-0.3, -0.25) is 0 Å². The molecule has 0 saturated heterocycles. The van der Waals surface area contributed by atoms with Crippen molar-refractivity contribution in [1.82, 2.24) is 8.75 Å². The number of aliphatic hydroxyl groups is 2. The Morgan fingerprint density at radius 1 is 1.11 bits per heavy atom. The summed E-state index contributed by atoms with van der Waals surface area (Å²) in [6.07, 6.45) is -3.99. The molecule has 4 N–H and O–H groups in total. The maximum atomic E-state index is 11.1. The van der Waals surface area contributed by atoms with Crippen LogP contribution in [0.4, 0.5) is 0 Å². The number of benzene rings is 1. The number of carboxylic acid groups (broad SMARTS) is 2. The van der Waals surface area contributed by atoms with Crippen LogP contribution in [0.15, 0.2) is 12.1 Å². The van der Waals surface area contributed by atoms with Crippen molar-refractivity contribution in [3.63, 3.8) is 0 Å². The van der Waals surface area contributed by atoms with Crippen LogP contribution in [0, 0.1) is 0 Å². The lowest BCUT2D eigenvalue weighted by molar-refractivity contribution is -0.153. The molecule has 0 fully saturated rings. The van der Waals surface area contributed by atoms with Crippen LogP contribution in [0.5, 0.6) is 0 Å². The normalized spacial score (nSPS) is 14.2. The highest BCUT2D eigenvalue weighted by Gasteiger charge is 2.29. The zero-order valence-electron chi connectivity index (χ0n) is 9.22. The number of carboxylic acids is 2. The molecule has 1 aromatic carbocycles. The fourth-order valence-electron chi connectivity index (χ4n) is 1.58. The molecule has 0 aliphatic rings. The molecule has 1 aromatic heterocycles. The summed E-state index contributed by atoms with van der Waals surface area (Å²) in [6, 6.07) is 2.38. The zero-order chi connectivity index (χ0) is 14.2. The Morgan fingerprint density at radius 3 is 2.21 bits per heavy atom. The van der Waals surface area contributed by atoms with E-state index in [1.807, 2.05) is 0 Å². The van der Waals surface area contributed by atoms with E-state index in [-0.39, 0.29) is 11.1 Å². The Bertz CT molecular complexity index is 655. The van der Waals surface area contributed by atoms with Crippen LogP contribution in [0.2, 0.25) is 0 Å². The molecular formula is C10H8N2O6S. The van der Waals surface area contributed by atoms with Gasteiger partial charge < -0.3 is 20.4 Å². The second kappa shape index (κ2) is 4.88. The largest absolute Gasteiger partial charge is 0.479 e. The van der Waals surface area contributed by atoms with Gasteiger partial charge >= 0.3 is 11.9 Å². The number of fused-ring (bicyclic) bond motifs is 1. The van der Waals surface area contributed by atoms with Gasteiger partial charge in [0.15, 0.2) is 6.10 Å². The van der Waals surface area contributed by atoms with Gasteiger partial charge in [0, 0.05) is 5.56 Å². The van der Waals surface area contributed by atoms with E-state index in [2.05, 4.69) is 8.75 Å². The van der Waals surface area contributed by atoms with Crippen LogP contribution >= 0.6 is 11.7 Å². The van der Waals surface area contributed by atoms with E-state index in [0.29, 0.717) is 11.0 Å². The average molecular weight is 284 g/mol. The van der Waals surface area contributed by atoms with Crippen LogP contribution in [-0.4, -0.2) is 47.2 Å². The molecule has 0 saturated carbocycles. The average Bonchev–Trinajstić information content (AvgIpc) is 2.82. The summed E-state index contributed by atoms with van der Waals surface area (Å²) in [5, 5.41) is 36.7. The van der Waals surface area contributed by atoms with Crippen LogP contribution in [-0.2, 0) is 4.79 Å². The van der Waals surface area contributed by atoms with Crippen LogP contribution < -0.4 is 0 Å². The summed E-state index contributed by atoms with van der Waals surface area (Å²) >= 11 is 0.855. The van der Waals surface area contributed by atoms with Crippen molar-refractivity contribution in [3.05, 3.63) is 23.3 Å². The fraction of sp³-hybridized carbons (Fsp3) is 0.200. The molecule has 0 bridgehead atoms. The third-order valence-electron chi connectivity index (χ3n) is 2.53. The molecule has 0 radical (unpaired) electrons. The molecule has 2 rings (SSSR count). The first kappa shape index (κ1) is 13.3. The minimum atomic E-state index is -2.12. The number of rotatable bonds is 4. The number of hydrogen-bond donors (Lipinski definition) is 4. The molecule has 2 aromatic rings. The molecule has 0 amide bonds. The standard InChI is InChI=1S/C10H8N2O6S/c13-7(8(14)10(17)18)3-1-5-6(12-19-11-5)2-4(3)9(15)16/h1-2,7-8,13-14H,(H,15,16)(H,17,18). The van der Waals surface area contributed by atoms with Gasteiger partial charge in [-0.15, -0.1) is 0 Å². The van der Waals surface area contributed by atoms with Gasteiger partial charge in [-0.05, 0) is 12.1 Å². The highest BCUT2D eigenvalue weighted by Crippen LogP contribution is 2.26. The molecule has 2 atom stereocenters.